The molecular weight excluding hydrogens is 433 g/mol. The van der Waals surface area contributed by atoms with E-state index in [4.69, 9.17) is 27.9 Å². The number of ether oxygens (including phenoxy) is 1. The van der Waals surface area contributed by atoms with Gasteiger partial charge in [0.05, 0.1) is 13.3 Å². The van der Waals surface area contributed by atoms with Gasteiger partial charge in [0.1, 0.15) is 5.75 Å². The number of methoxy groups -OCH3 is 1. The molecule has 0 aliphatic heterocycles. The maximum absolute atomic E-state index is 11.8. The number of hydrogen-bond donors (Lipinski definition) is 2. The van der Waals surface area contributed by atoms with Gasteiger partial charge in [-0.3, -0.25) is 9.59 Å². The van der Waals surface area contributed by atoms with Crippen LogP contribution in [0.25, 0.3) is 0 Å². The molecule has 2 amide bonds. The van der Waals surface area contributed by atoms with Crippen molar-refractivity contribution in [2.24, 2.45) is 5.10 Å². The molecule has 0 atom stereocenters. The first kappa shape index (κ1) is 19.2. The summed E-state index contributed by atoms with van der Waals surface area (Å²) in [6.45, 7) is 0. The summed E-state index contributed by atoms with van der Waals surface area (Å²) in [5.74, 6) is -1.28. The number of benzene rings is 2. The molecule has 2 rings (SSSR count). The molecule has 0 bridgehead atoms. The average Bonchev–Trinajstić information content (AvgIpc) is 2.54. The van der Waals surface area contributed by atoms with Crippen LogP contribution in [0.1, 0.15) is 5.56 Å². The van der Waals surface area contributed by atoms with Crippen LogP contribution in [0.4, 0.5) is 5.69 Å². The van der Waals surface area contributed by atoms with Crippen molar-refractivity contribution in [3.05, 3.63) is 56.5 Å². The number of amides is 2. The van der Waals surface area contributed by atoms with E-state index in [0.717, 1.165) is 4.47 Å². The lowest BCUT2D eigenvalue weighted by Crippen LogP contribution is -2.32. The fourth-order valence-electron chi connectivity index (χ4n) is 1.83. The van der Waals surface area contributed by atoms with E-state index < -0.39 is 11.8 Å². The Balaban J connectivity index is 2.00. The zero-order valence-electron chi connectivity index (χ0n) is 12.8. The third kappa shape index (κ3) is 5.74. The predicted octanol–water partition coefficient (Wildman–Crippen LogP) is 3.85. The fraction of sp³-hybridized carbons (Fsp3) is 0.0625. The van der Waals surface area contributed by atoms with Gasteiger partial charge in [0.25, 0.3) is 0 Å². The molecule has 2 N–H and O–H groups in total. The summed E-state index contributed by atoms with van der Waals surface area (Å²) in [5, 5.41) is 6.80. The second-order valence-electron chi connectivity index (χ2n) is 4.70. The van der Waals surface area contributed by atoms with Gasteiger partial charge in [0, 0.05) is 25.8 Å². The van der Waals surface area contributed by atoms with Crippen molar-refractivity contribution < 1.29 is 14.3 Å². The molecule has 0 heterocycles. The second-order valence-corrected chi connectivity index (χ2v) is 6.49. The Bertz CT molecular complexity index is 823. The molecule has 0 unspecified atom stereocenters. The number of nitrogens with one attached hydrogen (secondary N) is 2. The number of hydrazone groups is 1. The minimum absolute atomic E-state index is 0.301. The Morgan fingerprint density at radius 1 is 1.12 bits per heavy atom. The predicted molar refractivity (Wildman–Crippen MR) is 102 cm³/mol. The Kier molecular flexibility index (Phi) is 6.81. The molecule has 2 aromatic rings. The van der Waals surface area contributed by atoms with E-state index in [2.05, 4.69) is 31.8 Å². The van der Waals surface area contributed by atoms with Crippen LogP contribution < -0.4 is 15.5 Å². The highest BCUT2D eigenvalue weighted by Crippen LogP contribution is 2.22. The van der Waals surface area contributed by atoms with Crippen LogP contribution >= 0.6 is 39.1 Å². The van der Waals surface area contributed by atoms with Crippen molar-refractivity contribution in [3.8, 4) is 5.75 Å². The van der Waals surface area contributed by atoms with Crippen LogP contribution in [0.3, 0.4) is 0 Å². The van der Waals surface area contributed by atoms with Gasteiger partial charge in [0.2, 0.25) is 0 Å². The first-order valence-corrected chi connectivity index (χ1v) is 8.38. The second kappa shape index (κ2) is 8.84. The minimum Gasteiger partial charge on any atom is -0.496 e. The van der Waals surface area contributed by atoms with E-state index in [1.54, 1.807) is 18.2 Å². The van der Waals surface area contributed by atoms with Crippen LogP contribution in [0.2, 0.25) is 10.0 Å². The fourth-order valence-corrected chi connectivity index (χ4v) is 2.74. The smallest absolute Gasteiger partial charge is 0.329 e. The number of halogens is 3. The monoisotopic (exact) mass is 443 g/mol. The highest BCUT2D eigenvalue weighted by Gasteiger charge is 2.13. The van der Waals surface area contributed by atoms with E-state index in [1.807, 2.05) is 0 Å². The Morgan fingerprint density at radius 2 is 1.80 bits per heavy atom. The SMILES string of the molecule is COc1ccc(Br)cc1/C=N\NC(=O)C(=O)Nc1cc(Cl)cc(Cl)c1. The number of carbonyl (C=O) groups excluding carboxylic acids is 2. The number of anilines is 1. The van der Waals surface area contributed by atoms with Crippen LogP contribution in [0, 0.1) is 0 Å². The summed E-state index contributed by atoms with van der Waals surface area (Å²) >= 11 is 15.0. The first-order valence-electron chi connectivity index (χ1n) is 6.83. The zero-order valence-corrected chi connectivity index (χ0v) is 15.9. The molecule has 0 aromatic heterocycles. The van der Waals surface area contributed by atoms with Crippen LogP contribution in [0.5, 0.6) is 5.75 Å². The highest BCUT2D eigenvalue weighted by atomic mass is 79.9. The summed E-state index contributed by atoms with van der Waals surface area (Å²) in [6, 6.07) is 9.74. The van der Waals surface area contributed by atoms with Crippen molar-refractivity contribution >= 4 is 62.8 Å². The molecule has 0 saturated carbocycles. The molecule has 25 heavy (non-hydrogen) atoms. The molecule has 0 saturated heterocycles. The number of rotatable bonds is 4. The Hall–Kier alpha value is -2.09. The molecule has 0 spiro atoms. The van der Waals surface area contributed by atoms with E-state index in [9.17, 15) is 9.59 Å². The molecule has 2 aromatic carbocycles. The lowest BCUT2D eigenvalue weighted by Gasteiger charge is -2.06. The van der Waals surface area contributed by atoms with Gasteiger partial charge in [-0.15, -0.1) is 0 Å². The van der Waals surface area contributed by atoms with Crippen LogP contribution in [-0.4, -0.2) is 25.1 Å². The third-order valence-electron chi connectivity index (χ3n) is 2.89. The maximum atomic E-state index is 11.8. The van der Waals surface area contributed by atoms with Gasteiger partial charge >= 0.3 is 11.8 Å². The molecule has 6 nitrogen and oxygen atoms in total. The molecule has 130 valence electrons. The quantitative estimate of drug-likeness (QED) is 0.427. The molecular formula is C16H12BrCl2N3O3. The number of carbonyl (C=O) groups is 2. The maximum Gasteiger partial charge on any atom is 0.329 e. The molecule has 0 aliphatic carbocycles. The zero-order chi connectivity index (χ0) is 18.4. The topological polar surface area (TPSA) is 79.8 Å². The molecule has 0 aliphatic rings. The summed E-state index contributed by atoms with van der Waals surface area (Å²) < 4.78 is 5.99. The van der Waals surface area contributed by atoms with Gasteiger partial charge in [0.15, 0.2) is 0 Å². The van der Waals surface area contributed by atoms with Crippen molar-refractivity contribution in [3.63, 3.8) is 0 Å². The standard InChI is InChI=1S/C16H12BrCl2N3O3/c1-25-14-3-2-10(17)4-9(14)8-20-22-16(24)15(23)21-13-6-11(18)5-12(19)7-13/h2-8H,1H3,(H,21,23)(H,22,24)/b20-8-. The van der Waals surface area contributed by atoms with Gasteiger partial charge < -0.3 is 10.1 Å². The van der Waals surface area contributed by atoms with Gasteiger partial charge in [-0.1, -0.05) is 39.1 Å². The summed E-state index contributed by atoms with van der Waals surface area (Å²) in [5.41, 5.74) is 3.06. The van der Waals surface area contributed by atoms with Gasteiger partial charge in [-0.05, 0) is 36.4 Å². The van der Waals surface area contributed by atoms with Crippen molar-refractivity contribution in [2.75, 3.05) is 12.4 Å². The summed E-state index contributed by atoms with van der Waals surface area (Å²) in [7, 11) is 1.52. The normalized spacial score (nSPS) is 10.6. The largest absolute Gasteiger partial charge is 0.496 e. The van der Waals surface area contributed by atoms with Crippen LogP contribution in [0.15, 0.2) is 46.0 Å². The van der Waals surface area contributed by atoms with E-state index in [-0.39, 0.29) is 0 Å². The molecule has 9 heteroatoms. The average molecular weight is 445 g/mol. The number of hydrogen-bond acceptors (Lipinski definition) is 4. The third-order valence-corrected chi connectivity index (χ3v) is 3.82. The summed E-state index contributed by atoms with van der Waals surface area (Å²) in [4.78, 5) is 23.6. The molecule has 0 fully saturated rings. The van der Waals surface area contributed by atoms with Gasteiger partial charge in [-0.25, -0.2) is 5.43 Å². The summed E-state index contributed by atoms with van der Waals surface area (Å²) in [6.07, 6.45) is 1.37. The van der Waals surface area contributed by atoms with Crippen molar-refractivity contribution in [2.45, 2.75) is 0 Å². The Morgan fingerprint density at radius 3 is 2.44 bits per heavy atom. The van der Waals surface area contributed by atoms with Crippen LogP contribution in [-0.2, 0) is 9.59 Å². The lowest BCUT2D eigenvalue weighted by atomic mass is 10.2. The lowest BCUT2D eigenvalue weighted by molar-refractivity contribution is -0.136. The first-order chi connectivity index (χ1) is 11.9. The number of nitrogens with zero attached hydrogens (tertiary/aromatic N) is 1. The minimum atomic E-state index is -0.943. The van der Waals surface area contributed by atoms with Gasteiger partial charge in [-0.2, -0.15) is 5.10 Å². The Labute approximate surface area is 162 Å². The molecule has 0 radical (unpaired) electrons. The van der Waals surface area contributed by atoms with E-state index >= 15 is 0 Å². The highest BCUT2D eigenvalue weighted by molar-refractivity contribution is 9.10. The van der Waals surface area contributed by atoms with E-state index in [1.165, 1.54) is 31.5 Å². The van der Waals surface area contributed by atoms with Crippen molar-refractivity contribution in [1.82, 2.24) is 5.43 Å². The van der Waals surface area contributed by atoms with E-state index in [0.29, 0.717) is 27.0 Å². The van der Waals surface area contributed by atoms with Crippen molar-refractivity contribution in [1.29, 1.82) is 0 Å².